The molecule has 0 saturated carbocycles. The van der Waals surface area contributed by atoms with Crippen molar-refractivity contribution in [3.05, 3.63) is 34.4 Å². The Morgan fingerprint density at radius 3 is 1.45 bits per heavy atom. The molecule has 1 rings (SSSR count). The Hall–Kier alpha value is -1.24. The molecule has 0 spiro atoms. The van der Waals surface area contributed by atoms with E-state index in [1.807, 2.05) is 0 Å². The van der Waals surface area contributed by atoms with Gasteiger partial charge in [0.15, 0.2) is 0 Å². The van der Waals surface area contributed by atoms with Crippen LogP contribution in [0.25, 0.3) is 5.57 Å². The molecule has 0 radical (unpaired) electrons. The molecule has 0 unspecified atom stereocenters. The molecule has 1 nitrogen and oxygen atoms in total. The van der Waals surface area contributed by atoms with Gasteiger partial charge in [0.1, 0.15) is 5.75 Å². The van der Waals surface area contributed by atoms with Gasteiger partial charge in [-0.25, -0.2) is 0 Å². The zero-order valence-electron chi connectivity index (χ0n) is 16.2. The second kappa shape index (κ2) is 6.10. The molecule has 0 aliphatic carbocycles. The van der Waals surface area contributed by atoms with Crippen LogP contribution in [-0.2, 0) is 10.8 Å². The van der Waals surface area contributed by atoms with Gasteiger partial charge in [0.05, 0.1) is 0 Å². The Morgan fingerprint density at radius 2 is 1.23 bits per heavy atom. The van der Waals surface area contributed by atoms with Gasteiger partial charge in [0.25, 0.3) is 0 Å². The molecule has 0 amide bonds. The van der Waals surface area contributed by atoms with Gasteiger partial charge in [0, 0.05) is 11.1 Å². The third-order valence-corrected chi connectivity index (χ3v) is 4.15. The third-order valence-electron chi connectivity index (χ3n) is 4.15. The summed E-state index contributed by atoms with van der Waals surface area (Å²) >= 11 is 0. The van der Waals surface area contributed by atoms with E-state index in [1.165, 1.54) is 16.7 Å². The predicted octanol–water partition coefficient (Wildman–Crippen LogP) is 6.44. The minimum absolute atomic E-state index is 0.0795. The van der Waals surface area contributed by atoms with Crippen molar-refractivity contribution in [3.8, 4) is 5.75 Å². The van der Waals surface area contributed by atoms with E-state index in [0.29, 0.717) is 11.7 Å². The highest BCUT2D eigenvalue weighted by atomic mass is 16.3. The first-order valence-electron chi connectivity index (χ1n) is 8.32. The molecular formula is C21H34O. The lowest BCUT2D eigenvalue weighted by Gasteiger charge is -2.29. The molecule has 1 heteroatoms. The van der Waals surface area contributed by atoms with Crippen LogP contribution >= 0.6 is 0 Å². The van der Waals surface area contributed by atoms with Gasteiger partial charge >= 0.3 is 0 Å². The first-order chi connectivity index (χ1) is 9.76. The lowest BCUT2D eigenvalue weighted by Crippen LogP contribution is -2.18. The van der Waals surface area contributed by atoms with E-state index in [1.54, 1.807) is 0 Å². The fourth-order valence-corrected chi connectivity index (χ4v) is 3.13. The van der Waals surface area contributed by atoms with Gasteiger partial charge < -0.3 is 5.11 Å². The summed E-state index contributed by atoms with van der Waals surface area (Å²) in [4.78, 5) is 0. The zero-order valence-corrected chi connectivity index (χ0v) is 16.2. The third kappa shape index (κ3) is 3.94. The molecule has 1 aromatic carbocycles. The molecule has 124 valence electrons. The quantitative estimate of drug-likeness (QED) is 0.666. The molecule has 0 aliphatic rings. The minimum atomic E-state index is -0.0795. The minimum Gasteiger partial charge on any atom is -0.507 e. The summed E-state index contributed by atoms with van der Waals surface area (Å²) in [5.74, 6) is 0.927. The zero-order chi connectivity index (χ0) is 17.5. The molecule has 0 aromatic heterocycles. The summed E-state index contributed by atoms with van der Waals surface area (Å²) in [7, 11) is 0. The van der Waals surface area contributed by atoms with E-state index < -0.39 is 0 Å². The number of hydrogen-bond donors (Lipinski definition) is 1. The van der Waals surface area contributed by atoms with Gasteiger partial charge in [-0.1, -0.05) is 61.0 Å². The Bertz CT molecular complexity index is 536. The number of phenols is 1. The molecule has 0 bridgehead atoms. The van der Waals surface area contributed by atoms with Crippen LogP contribution in [0.1, 0.15) is 85.9 Å². The fourth-order valence-electron chi connectivity index (χ4n) is 3.13. The molecule has 0 heterocycles. The van der Waals surface area contributed by atoms with Gasteiger partial charge in [0.2, 0.25) is 0 Å². The van der Waals surface area contributed by atoms with Crippen molar-refractivity contribution >= 4 is 5.57 Å². The maximum atomic E-state index is 10.8. The van der Waals surface area contributed by atoms with Gasteiger partial charge in [-0.05, 0) is 53.9 Å². The topological polar surface area (TPSA) is 20.2 Å². The Morgan fingerprint density at radius 1 is 0.864 bits per heavy atom. The van der Waals surface area contributed by atoms with Gasteiger partial charge in [-0.2, -0.15) is 0 Å². The number of aromatic hydroxyl groups is 1. The van der Waals surface area contributed by atoms with Crippen molar-refractivity contribution in [3.63, 3.8) is 0 Å². The molecule has 0 fully saturated rings. The monoisotopic (exact) mass is 302 g/mol. The average Bonchev–Trinajstić information content (AvgIpc) is 2.26. The number of rotatable bonds is 2. The second-order valence-corrected chi connectivity index (χ2v) is 8.99. The van der Waals surface area contributed by atoms with Gasteiger partial charge in [-0.3, -0.25) is 0 Å². The molecule has 1 N–H and O–H groups in total. The van der Waals surface area contributed by atoms with Crippen LogP contribution in [0, 0.1) is 5.92 Å². The molecule has 0 saturated heterocycles. The van der Waals surface area contributed by atoms with Crippen LogP contribution in [0.5, 0.6) is 5.75 Å². The summed E-state index contributed by atoms with van der Waals surface area (Å²) in [6, 6.07) is 4.37. The van der Waals surface area contributed by atoms with Crippen LogP contribution in [0.3, 0.4) is 0 Å². The van der Waals surface area contributed by atoms with Crippen LogP contribution in [0.15, 0.2) is 17.7 Å². The van der Waals surface area contributed by atoms with Crippen LogP contribution in [0.4, 0.5) is 0 Å². The Kier molecular flexibility index (Phi) is 5.22. The first kappa shape index (κ1) is 18.8. The van der Waals surface area contributed by atoms with Crippen molar-refractivity contribution < 1.29 is 5.11 Å². The standard InChI is InChI=1S/C21H34O/c1-13(2)18(14(3)4)15-11-16(20(5,6)7)19(22)17(12-15)21(8,9)10/h11-13,22H,1-10H3. The maximum Gasteiger partial charge on any atom is 0.123 e. The molecule has 1 aromatic rings. The lowest BCUT2D eigenvalue weighted by molar-refractivity contribution is 0.423. The number of phenolic OH excluding ortho intramolecular Hbond substituents is 1. The molecule has 22 heavy (non-hydrogen) atoms. The van der Waals surface area contributed by atoms with E-state index in [0.717, 1.165) is 11.1 Å². The van der Waals surface area contributed by atoms with Crippen molar-refractivity contribution in [2.45, 2.75) is 80.1 Å². The fraction of sp³-hybridized carbons (Fsp3) is 0.619. The van der Waals surface area contributed by atoms with Crippen molar-refractivity contribution in [1.29, 1.82) is 0 Å². The van der Waals surface area contributed by atoms with Crippen molar-refractivity contribution in [2.75, 3.05) is 0 Å². The molecular weight excluding hydrogens is 268 g/mol. The van der Waals surface area contributed by atoms with Crippen LogP contribution in [-0.4, -0.2) is 5.11 Å². The summed E-state index contributed by atoms with van der Waals surface area (Å²) in [5.41, 5.74) is 5.90. The average molecular weight is 303 g/mol. The van der Waals surface area contributed by atoms with Crippen LogP contribution < -0.4 is 0 Å². The Balaban J connectivity index is 3.80. The highest BCUT2D eigenvalue weighted by Gasteiger charge is 2.27. The highest BCUT2D eigenvalue weighted by molar-refractivity contribution is 5.72. The van der Waals surface area contributed by atoms with E-state index in [-0.39, 0.29) is 10.8 Å². The molecule has 0 aliphatic heterocycles. The highest BCUT2D eigenvalue weighted by Crippen LogP contribution is 2.42. The second-order valence-electron chi connectivity index (χ2n) is 8.99. The van der Waals surface area contributed by atoms with Crippen molar-refractivity contribution in [1.82, 2.24) is 0 Å². The van der Waals surface area contributed by atoms with E-state index in [9.17, 15) is 5.11 Å². The molecule has 0 atom stereocenters. The first-order valence-corrected chi connectivity index (χ1v) is 8.32. The largest absolute Gasteiger partial charge is 0.507 e. The van der Waals surface area contributed by atoms with Gasteiger partial charge in [-0.15, -0.1) is 0 Å². The normalized spacial score (nSPS) is 12.7. The van der Waals surface area contributed by atoms with E-state index >= 15 is 0 Å². The Labute approximate surface area is 137 Å². The van der Waals surface area contributed by atoms with Crippen LogP contribution in [0.2, 0.25) is 0 Å². The SMILES string of the molecule is CC(C)=C(c1cc(C(C)(C)C)c(O)c(C(C)(C)C)c1)C(C)C. The van der Waals surface area contributed by atoms with E-state index in [2.05, 4.69) is 81.4 Å². The summed E-state index contributed by atoms with van der Waals surface area (Å²) in [6.45, 7) is 21.8. The summed E-state index contributed by atoms with van der Waals surface area (Å²) in [6.07, 6.45) is 0. The summed E-state index contributed by atoms with van der Waals surface area (Å²) < 4.78 is 0. The lowest BCUT2D eigenvalue weighted by atomic mass is 9.76. The number of hydrogen-bond acceptors (Lipinski definition) is 1. The van der Waals surface area contributed by atoms with Crippen molar-refractivity contribution in [2.24, 2.45) is 5.92 Å². The maximum absolute atomic E-state index is 10.8. The predicted molar refractivity (Wildman–Crippen MR) is 98.6 cm³/mol. The number of benzene rings is 1. The summed E-state index contributed by atoms with van der Waals surface area (Å²) in [5, 5.41) is 10.8. The van der Waals surface area contributed by atoms with E-state index in [4.69, 9.17) is 0 Å². The smallest absolute Gasteiger partial charge is 0.123 e. The number of allylic oxidation sites excluding steroid dienone is 2.